The smallest absolute Gasteiger partial charge is 0.435 e. The Morgan fingerprint density at radius 2 is 1.96 bits per heavy atom. The Kier molecular flexibility index (Phi) is 4.92. The molecule has 0 bridgehead atoms. The van der Waals surface area contributed by atoms with Gasteiger partial charge in [0.05, 0.1) is 0 Å². The Balaban J connectivity index is 1.60. The number of alkyl halides is 3. The first-order valence-corrected chi connectivity index (χ1v) is 8.67. The third kappa shape index (κ3) is 3.94. The molecule has 1 aliphatic carbocycles. The van der Waals surface area contributed by atoms with Crippen molar-refractivity contribution in [2.45, 2.75) is 45.1 Å². The van der Waals surface area contributed by atoms with Crippen LogP contribution in [0.4, 0.5) is 13.2 Å². The van der Waals surface area contributed by atoms with Crippen molar-refractivity contribution in [3.05, 3.63) is 48.3 Å². The molecule has 0 N–H and O–H groups in total. The van der Waals surface area contributed by atoms with Crippen molar-refractivity contribution in [1.29, 1.82) is 0 Å². The van der Waals surface area contributed by atoms with Crippen LogP contribution in [0.1, 0.15) is 26.0 Å². The normalized spacial score (nSPS) is 21.4. The van der Waals surface area contributed by atoms with Crippen LogP contribution in [0, 0.1) is 5.41 Å². The number of amides is 1. The van der Waals surface area contributed by atoms with Crippen LogP contribution in [0.15, 0.2) is 42.6 Å². The Labute approximate surface area is 155 Å². The van der Waals surface area contributed by atoms with Gasteiger partial charge in [-0.15, -0.1) is 0 Å². The van der Waals surface area contributed by atoms with Crippen molar-refractivity contribution in [3.8, 4) is 5.75 Å². The van der Waals surface area contributed by atoms with Crippen molar-refractivity contribution < 1.29 is 22.7 Å². The average molecular weight is 381 g/mol. The summed E-state index contributed by atoms with van der Waals surface area (Å²) in [7, 11) is 1.67. The van der Waals surface area contributed by atoms with Gasteiger partial charge in [0.25, 0.3) is 0 Å². The maximum Gasteiger partial charge on any atom is 0.435 e. The number of para-hydroxylation sites is 1. The van der Waals surface area contributed by atoms with E-state index in [1.54, 1.807) is 11.9 Å². The molecule has 146 valence electrons. The van der Waals surface area contributed by atoms with Crippen molar-refractivity contribution in [2.75, 3.05) is 7.05 Å². The first kappa shape index (κ1) is 19.3. The number of carbonyl (C=O) groups is 1. The second-order valence-corrected chi connectivity index (χ2v) is 7.39. The second-order valence-electron chi connectivity index (χ2n) is 7.39. The number of ether oxygens (including phenoxy) is 1. The van der Waals surface area contributed by atoms with Crippen molar-refractivity contribution in [1.82, 2.24) is 14.7 Å². The molecule has 0 aliphatic heterocycles. The number of carbonyl (C=O) groups excluding carboxylic acids is 1. The molecule has 2 unspecified atom stereocenters. The highest BCUT2D eigenvalue weighted by Crippen LogP contribution is 2.45. The molecule has 1 aliphatic rings. The van der Waals surface area contributed by atoms with Crippen LogP contribution in [0.3, 0.4) is 0 Å². The molecule has 1 heterocycles. The molecule has 27 heavy (non-hydrogen) atoms. The van der Waals surface area contributed by atoms with Gasteiger partial charge >= 0.3 is 6.18 Å². The van der Waals surface area contributed by atoms with E-state index in [1.807, 2.05) is 44.2 Å². The quantitative estimate of drug-likeness (QED) is 0.795. The lowest BCUT2D eigenvalue weighted by Gasteiger charge is -2.54. The van der Waals surface area contributed by atoms with E-state index < -0.39 is 11.9 Å². The summed E-state index contributed by atoms with van der Waals surface area (Å²) >= 11 is 0. The third-order valence-corrected chi connectivity index (χ3v) is 5.24. The zero-order valence-corrected chi connectivity index (χ0v) is 15.4. The molecule has 2 aromatic rings. The summed E-state index contributed by atoms with van der Waals surface area (Å²) in [5.41, 5.74) is -1.28. The van der Waals surface area contributed by atoms with Gasteiger partial charge in [0.1, 0.15) is 18.4 Å². The maximum absolute atomic E-state index is 12.6. The fourth-order valence-electron chi connectivity index (χ4n) is 3.41. The van der Waals surface area contributed by atoms with Gasteiger partial charge < -0.3 is 9.64 Å². The molecular formula is C19H22F3N3O2. The van der Waals surface area contributed by atoms with Gasteiger partial charge in [-0.25, -0.2) is 0 Å². The molecule has 1 aromatic heterocycles. The summed E-state index contributed by atoms with van der Waals surface area (Å²) in [4.78, 5) is 14.1. The first-order chi connectivity index (χ1) is 12.6. The number of aromatic nitrogens is 2. The molecular weight excluding hydrogens is 359 g/mol. The highest BCUT2D eigenvalue weighted by Gasteiger charge is 2.52. The van der Waals surface area contributed by atoms with E-state index in [2.05, 4.69) is 5.10 Å². The second kappa shape index (κ2) is 6.90. The molecule has 1 saturated carbocycles. The van der Waals surface area contributed by atoms with Gasteiger partial charge in [-0.1, -0.05) is 32.0 Å². The average Bonchev–Trinajstić information content (AvgIpc) is 3.07. The number of nitrogens with zero attached hydrogens (tertiary/aromatic N) is 3. The number of likely N-dealkylation sites (N-methyl/N-ethyl adjacent to an activating group) is 1. The van der Waals surface area contributed by atoms with E-state index in [-0.39, 0.29) is 30.0 Å². The standard InChI is InChI=1S/C19H22F3N3O2/c1-18(2)15(11-16(18)27-13-7-5-4-6-8-13)24(3)17(26)12-25-10-9-14(23-25)19(20,21)22/h4-10,15-16H,11-12H2,1-3H3. The van der Waals surface area contributed by atoms with Gasteiger partial charge in [0, 0.05) is 31.1 Å². The van der Waals surface area contributed by atoms with E-state index >= 15 is 0 Å². The SMILES string of the molecule is CN(C(=O)Cn1ccc(C(F)(F)F)n1)C1CC(Oc2ccccc2)C1(C)C. The van der Waals surface area contributed by atoms with E-state index in [0.29, 0.717) is 6.42 Å². The summed E-state index contributed by atoms with van der Waals surface area (Å²) in [6.07, 6.45) is -2.72. The van der Waals surface area contributed by atoms with E-state index in [4.69, 9.17) is 4.74 Å². The first-order valence-electron chi connectivity index (χ1n) is 8.67. The molecule has 0 spiro atoms. The fourth-order valence-corrected chi connectivity index (χ4v) is 3.41. The minimum atomic E-state index is -4.52. The lowest BCUT2D eigenvalue weighted by atomic mass is 9.63. The number of hydrogen-bond donors (Lipinski definition) is 0. The Bertz CT molecular complexity index is 802. The Morgan fingerprint density at radius 3 is 2.52 bits per heavy atom. The maximum atomic E-state index is 12.6. The largest absolute Gasteiger partial charge is 0.490 e. The Hall–Kier alpha value is -2.51. The summed E-state index contributed by atoms with van der Waals surface area (Å²) in [5.74, 6) is 0.488. The van der Waals surface area contributed by atoms with Gasteiger partial charge in [0.2, 0.25) is 5.91 Å². The van der Waals surface area contributed by atoms with Crippen LogP contribution in [-0.4, -0.2) is 39.8 Å². The number of halogens is 3. The highest BCUT2D eigenvalue weighted by molar-refractivity contribution is 5.76. The van der Waals surface area contributed by atoms with Crippen LogP contribution in [0.25, 0.3) is 0 Å². The summed E-state index contributed by atoms with van der Waals surface area (Å²) in [6, 6.07) is 10.3. The van der Waals surface area contributed by atoms with E-state index in [1.165, 1.54) is 6.20 Å². The van der Waals surface area contributed by atoms with Crippen molar-refractivity contribution >= 4 is 5.91 Å². The third-order valence-electron chi connectivity index (χ3n) is 5.24. The number of rotatable bonds is 5. The Morgan fingerprint density at radius 1 is 1.30 bits per heavy atom. The van der Waals surface area contributed by atoms with Crippen LogP contribution in [0.2, 0.25) is 0 Å². The minimum Gasteiger partial charge on any atom is -0.490 e. The predicted molar refractivity (Wildman–Crippen MR) is 93.0 cm³/mol. The van der Waals surface area contributed by atoms with E-state index in [0.717, 1.165) is 16.5 Å². The fraction of sp³-hybridized carbons (Fsp3) is 0.474. The van der Waals surface area contributed by atoms with Crippen LogP contribution >= 0.6 is 0 Å². The van der Waals surface area contributed by atoms with Gasteiger partial charge in [0.15, 0.2) is 5.69 Å². The summed E-state index contributed by atoms with van der Waals surface area (Å²) in [5, 5.41) is 3.43. The molecule has 1 aromatic carbocycles. The van der Waals surface area contributed by atoms with Crippen LogP contribution in [-0.2, 0) is 17.5 Å². The topological polar surface area (TPSA) is 47.4 Å². The number of benzene rings is 1. The predicted octanol–water partition coefficient (Wildman–Crippen LogP) is 3.61. The van der Waals surface area contributed by atoms with Crippen LogP contribution in [0.5, 0.6) is 5.75 Å². The lowest BCUT2D eigenvalue weighted by molar-refractivity contribution is -0.150. The highest BCUT2D eigenvalue weighted by atomic mass is 19.4. The lowest BCUT2D eigenvalue weighted by Crippen LogP contribution is -2.63. The summed E-state index contributed by atoms with van der Waals surface area (Å²) in [6.45, 7) is 3.81. The molecule has 1 amide bonds. The molecule has 5 nitrogen and oxygen atoms in total. The molecule has 0 radical (unpaired) electrons. The van der Waals surface area contributed by atoms with Gasteiger partial charge in [-0.05, 0) is 18.2 Å². The monoisotopic (exact) mass is 381 g/mol. The molecule has 1 fully saturated rings. The molecule has 3 rings (SSSR count). The molecule has 0 saturated heterocycles. The van der Waals surface area contributed by atoms with Gasteiger partial charge in [-0.3, -0.25) is 9.48 Å². The number of hydrogen-bond acceptors (Lipinski definition) is 3. The summed E-state index contributed by atoms with van der Waals surface area (Å²) < 4.78 is 44.9. The zero-order chi connectivity index (χ0) is 19.8. The van der Waals surface area contributed by atoms with Crippen molar-refractivity contribution in [3.63, 3.8) is 0 Å². The molecule has 8 heteroatoms. The van der Waals surface area contributed by atoms with Gasteiger partial charge in [-0.2, -0.15) is 18.3 Å². The zero-order valence-electron chi connectivity index (χ0n) is 15.4. The van der Waals surface area contributed by atoms with Crippen LogP contribution < -0.4 is 4.74 Å². The van der Waals surface area contributed by atoms with Crippen molar-refractivity contribution in [2.24, 2.45) is 5.41 Å². The van der Waals surface area contributed by atoms with E-state index in [9.17, 15) is 18.0 Å². The minimum absolute atomic E-state index is 0.0401. The molecule has 2 atom stereocenters.